The summed E-state index contributed by atoms with van der Waals surface area (Å²) in [4.78, 5) is 18.4. The summed E-state index contributed by atoms with van der Waals surface area (Å²) < 4.78 is 20.3. The molecule has 2 unspecified atom stereocenters. The van der Waals surface area contributed by atoms with Gasteiger partial charge in [-0.2, -0.15) is 0 Å². The van der Waals surface area contributed by atoms with E-state index in [1.54, 1.807) is 18.9 Å². The van der Waals surface area contributed by atoms with Crippen molar-refractivity contribution in [2.45, 2.75) is 50.5 Å². The molecule has 9 heteroatoms. The quantitative estimate of drug-likeness (QED) is 0.677. The van der Waals surface area contributed by atoms with E-state index in [2.05, 4.69) is 20.5 Å². The zero-order valence-corrected chi connectivity index (χ0v) is 16.7. The summed E-state index contributed by atoms with van der Waals surface area (Å²) in [5.41, 5.74) is 0.359. The Morgan fingerprint density at radius 2 is 2.10 bits per heavy atom. The van der Waals surface area contributed by atoms with Crippen LogP contribution in [-0.4, -0.2) is 51.6 Å². The summed E-state index contributed by atoms with van der Waals surface area (Å²) in [5, 5.41) is 22.4. The molecule has 0 amide bonds. The number of fused-ring (bicyclic) bond motifs is 3. The summed E-state index contributed by atoms with van der Waals surface area (Å²) in [5.74, 6) is 0.984. The molecule has 8 nitrogen and oxygen atoms in total. The molecular weight excluding hydrogens is 389 g/mol. The minimum atomic E-state index is -0.984. The molecule has 2 fully saturated rings. The van der Waals surface area contributed by atoms with Crippen LogP contribution in [0.2, 0.25) is 0 Å². The highest BCUT2D eigenvalue weighted by Crippen LogP contribution is 2.34. The van der Waals surface area contributed by atoms with E-state index in [1.165, 1.54) is 24.4 Å². The van der Waals surface area contributed by atoms with Gasteiger partial charge in [-0.05, 0) is 32.3 Å². The van der Waals surface area contributed by atoms with Gasteiger partial charge in [-0.3, -0.25) is 4.79 Å². The first-order chi connectivity index (χ1) is 14.4. The molecular formula is C21H22FN5O3. The van der Waals surface area contributed by atoms with Crippen LogP contribution in [0.4, 0.5) is 10.2 Å². The first-order valence-corrected chi connectivity index (χ1v) is 10.0. The average Bonchev–Trinajstić information content (AvgIpc) is 3.13. The summed E-state index contributed by atoms with van der Waals surface area (Å²) in [6, 6.07) is 4.20. The molecule has 4 atom stereocenters. The van der Waals surface area contributed by atoms with E-state index in [4.69, 9.17) is 4.42 Å². The number of piperidine rings is 1. The Kier molecular flexibility index (Phi) is 4.43. The molecule has 0 saturated carbocycles. The Bertz CT molecular complexity index is 1170. The van der Waals surface area contributed by atoms with Crippen LogP contribution in [0, 0.1) is 6.92 Å². The van der Waals surface area contributed by atoms with Gasteiger partial charge in [0.05, 0.1) is 23.2 Å². The Morgan fingerprint density at radius 3 is 2.87 bits per heavy atom. The third-order valence-corrected chi connectivity index (χ3v) is 6.17. The fraction of sp³-hybridized carbons (Fsp3) is 0.429. The van der Waals surface area contributed by atoms with Crippen LogP contribution in [0.15, 0.2) is 33.6 Å². The fourth-order valence-electron chi connectivity index (χ4n) is 4.56. The number of nitrogens with one attached hydrogen (secondary N) is 1. The lowest BCUT2D eigenvalue weighted by Crippen LogP contribution is -2.55. The molecule has 1 aromatic carbocycles. The molecule has 2 aliphatic rings. The monoisotopic (exact) mass is 411 g/mol. The molecule has 2 aliphatic heterocycles. The van der Waals surface area contributed by atoms with Crippen molar-refractivity contribution in [1.29, 1.82) is 0 Å². The first-order valence-electron chi connectivity index (χ1n) is 10.0. The molecule has 0 radical (unpaired) electrons. The van der Waals surface area contributed by atoms with Gasteiger partial charge in [0.1, 0.15) is 23.3 Å². The predicted molar refractivity (Wildman–Crippen MR) is 109 cm³/mol. The lowest BCUT2D eigenvalue weighted by atomic mass is 9.96. The van der Waals surface area contributed by atoms with Gasteiger partial charge in [-0.15, -0.1) is 10.2 Å². The standard InChI is InChI=1S/C21H22FN5O3/c1-10-5-16(28)12-7-13(17(29)8-18(12)30-10)21-23-9-19(25-26-21)27(2)15-6-11-3-4-14(24-11)20(15)22/h5,7-9,11,14-15,20,24,29H,3-4,6H2,1-2H3/t11?,14?,15-,20+/m0/s1. The molecule has 3 aromatic rings. The largest absolute Gasteiger partial charge is 0.507 e. The molecule has 2 aromatic heterocycles. The van der Waals surface area contributed by atoms with Gasteiger partial charge in [0.25, 0.3) is 0 Å². The number of phenolic OH excluding ortho intramolecular Hbond substituents is 1. The number of aryl methyl sites for hydroxylation is 1. The third-order valence-electron chi connectivity index (χ3n) is 6.17. The van der Waals surface area contributed by atoms with Crippen LogP contribution in [0.25, 0.3) is 22.4 Å². The molecule has 5 rings (SSSR count). The van der Waals surface area contributed by atoms with Crippen molar-refractivity contribution in [3.63, 3.8) is 0 Å². The zero-order valence-electron chi connectivity index (χ0n) is 16.7. The van der Waals surface area contributed by atoms with E-state index in [-0.39, 0.29) is 34.6 Å². The number of anilines is 1. The van der Waals surface area contributed by atoms with Crippen LogP contribution in [0.3, 0.4) is 0 Å². The van der Waals surface area contributed by atoms with E-state index in [0.717, 1.165) is 12.8 Å². The number of halogens is 1. The maximum atomic E-state index is 14.8. The Hall–Kier alpha value is -3.07. The molecule has 2 N–H and O–H groups in total. The third kappa shape index (κ3) is 3.09. The van der Waals surface area contributed by atoms with Crippen LogP contribution < -0.4 is 15.6 Å². The van der Waals surface area contributed by atoms with Crippen molar-refractivity contribution >= 4 is 16.8 Å². The predicted octanol–water partition coefficient (Wildman–Crippen LogP) is 2.33. The van der Waals surface area contributed by atoms with Gasteiger partial charge in [-0.25, -0.2) is 9.37 Å². The van der Waals surface area contributed by atoms with Crippen molar-refractivity contribution in [2.75, 3.05) is 11.9 Å². The summed E-state index contributed by atoms with van der Waals surface area (Å²) in [6.07, 6.45) is 3.08. The SMILES string of the molecule is Cc1cc(=O)c2cc(-c3ncc(N(C)[C@H]4CC5CCC(N5)[C@H]4F)nn3)c(O)cc2o1. The van der Waals surface area contributed by atoms with Crippen molar-refractivity contribution in [2.24, 2.45) is 0 Å². The maximum absolute atomic E-state index is 14.8. The second-order valence-electron chi connectivity index (χ2n) is 8.13. The summed E-state index contributed by atoms with van der Waals surface area (Å²) in [6.45, 7) is 1.67. The number of nitrogens with zero attached hydrogens (tertiary/aromatic N) is 4. The van der Waals surface area contributed by atoms with E-state index in [9.17, 15) is 14.3 Å². The Balaban J connectivity index is 1.45. The highest BCUT2D eigenvalue weighted by atomic mass is 19.1. The second-order valence-corrected chi connectivity index (χ2v) is 8.13. The average molecular weight is 411 g/mol. The maximum Gasteiger partial charge on any atom is 0.192 e. The lowest BCUT2D eigenvalue weighted by Gasteiger charge is -2.38. The molecule has 0 aliphatic carbocycles. The van der Waals surface area contributed by atoms with E-state index >= 15 is 0 Å². The van der Waals surface area contributed by atoms with E-state index < -0.39 is 6.17 Å². The van der Waals surface area contributed by atoms with Gasteiger partial charge >= 0.3 is 0 Å². The van der Waals surface area contributed by atoms with Gasteiger partial charge in [0.2, 0.25) is 0 Å². The molecule has 30 heavy (non-hydrogen) atoms. The van der Waals surface area contributed by atoms with E-state index in [0.29, 0.717) is 35.0 Å². The second kappa shape index (κ2) is 7.02. The normalized spacial score (nSPS) is 25.6. The van der Waals surface area contributed by atoms with Gasteiger partial charge in [-0.1, -0.05) is 0 Å². The van der Waals surface area contributed by atoms with Crippen LogP contribution in [0.1, 0.15) is 25.0 Å². The molecule has 0 spiro atoms. The number of rotatable bonds is 3. The van der Waals surface area contributed by atoms with Gasteiger partial charge in [0.15, 0.2) is 17.1 Å². The number of phenols is 1. The lowest BCUT2D eigenvalue weighted by molar-refractivity contribution is 0.176. The van der Waals surface area contributed by atoms with Crippen molar-refractivity contribution in [3.05, 3.63) is 40.4 Å². The summed E-state index contributed by atoms with van der Waals surface area (Å²) >= 11 is 0. The van der Waals surface area contributed by atoms with Gasteiger partial charge < -0.3 is 19.7 Å². The van der Waals surface area contributed by atoms with Crippen molar-refractivity contribution in [1.82, 2.24) is 20.5 Å². The highest BCUT2D eigenvalue weighted by molar-refractivity contribution is 5.85. The Labute approximate surface area is 171 Å². The fourth-order valence-corrected chi connectivity index (χ4v) is 4.56. The van der Waals surface area contributed by atoms with Crippen LogP contribution in [-0.2, 0) is 0 Å². The van der Waals surface area contributed by atoms with Crippen molar-refractivity contribution in [3.8, 4) is 17.1 Å². The highest BCUT2D eigenvalue weighted by Gasteiger charge is 2.43. The minimum Gasteiger partial charge on any atom is -0.507 e. The summed E-state index contributed by atoms with van der Waals surface area (Å²) in [7, 11) is 1.80. The van der Waals surface area contributed by atoms with Crippen LogP contribution >= 0.6 is 0 Å². The molecule has 4 heterocycles. The van der Waals surface area contributed by atoms with Crippen molar-refractivity contribution < 1.29 is 13.9 Å². The smallest absolute Gasteiger partial charge is 0.192 e. The number of benzene rings is 1. The zero-order chi connectivity index (χ0) is 21.0. The number of hydrogen-bond acceptors (Lipinski definition) is 8. The molecule has 2 bridgehead atoms. The van der Waals surface area contributed by atoms with Crippen LogP contribution in [0.5, 0.6) is 5.75 Å². The molecule has 2 saturated heterocycles. The first kappa shape index (κ1) is 18.9. The van der Waals surface area contributed by atoms with Gasteiger partial charge in [0, 0.05) is 31.3 Å². The van der Waals surface area contributed by atoms with E-state index in [1.807, 2.05) is 0 Å². The Morgan fingerprint density at radius 1 is 1.27 bits per heavy atom. The number of aromatic nitrogens is 3. The topological polar surface area (TPSA) is 104 Å². The number of hydrogen-bond donors (Lipinski definition) is 2. The number of alkyl halides is 1. The number of aromatic hydroxyl groups is 1. The minimum absolute atomic E-state index is 0.110. The molecule has 156 valence electrons.